The third-order valence-electron chi connectivity index (χ3n) is 5.86. The fourth-order valence-electron chi connectivity index (χ4n) is 3.43. The Morgan fingerprint density at radius 3 is 0.920 bits per heavy atom. The highest BCUT2D eigenvalue weighted by molar-refractivity contribution is 4.93. The average molecular weight is 360 g/mol. The highest BCUT2D eigenvalue weighted by atomic mass is 15.5. The molecule has 7 heteroatoms. The lowest BCUT2D eigenvalue weighted by atomic mass is 9.93. The Balaban J connectivity index is 0.00000576. The zero-order valence-electron chi connectivity index (χ0n) is 17.6. The standard InChI is InChI=1S/C18H42N6.H3N/c1-16(2,7-10-19)22-13-23(17(3,4)8-11-20)15-24(14-22)18(5,6)9-12-21;/h7-15,19-21H2,1-6H3;1H3. The largest absolute Gasteiger partial charge is 0.344 e. The summed E-state index contributed by atoms with van der Waals surface area (Å²) in [6.07, 6.45) is 2.97. The summed E-state index contributed by atoms with van der Waals surface area (Å²) in [5.74, 6) is 0. The Morgan fingerprint density at radius 1 is 0.560 bits per heavy atom. The molecule has 1 aliphatic rings. The first-order valence-electron chi connectivity index (χ1n) is 9.35. The van der Waals surface area contributed by atoms with Gasteiger partial charge in [-0.1, -0.05) is 0 Å². The summed E-state index contributed by atoms with van der Waals surface area (Å²) >= 11 is 0. The van der Waals surface area contributed by atoms with E-state index in [4.69, 9.17) is 17.2 Å². The maximum Gasteiger partial charge on any atom is 0.0540 e. The number of hydrogen-bond donors (Lipinski definition) is 4. The van der Waals surface area contributed by atoms with Crippen molar-refractivity contribution >= 4 is 0 Å². The Labute approximate surface area is 155 Å². The van der Waals surface area contributed by atoms with Gasteiger partial charge in [-0.2, -0.15) is 0 Å². The second-order valence-electron chi connectivity index (χ2n) is 9.10. The molecule has 0 aromatic heterocycles. The van der Waals surface area contributed by atoms with Crippen molar-refractivity contribution in [1.29, 1.82) is 0 Å². The van der Waals surface area contributed by atoms with E-state index in [9.17, 15) is 0 Å². The smallest absolute Gasteiger partial charge is 0.0540 e. The van der Waals surface area contributed by atoms with Crippen LogP contribution in [0.4, 0.5) is 0 Å². The zero-order chi connectivity index (χ0) is 18.6. The summed E-state index contributed by atoms with van der Waals surface area (Å²) in [5.41, 5.74) is 17.8. The van der Waals surface area contributed by atoms with Gasteiger partial charge in [0.15, 0.2) is 0 Å². The van der Waals surface area contributed by atoms with Gasteiger partial charge in [0.05, 0.1) is 20.0 Å². The minimum atomic E-state index is 0. The van der Waals surface area contributed by atoms with Crippen molar-refractivity contribution in [3.8, 4) is 0 Å². The molecule has 9 N–H and O–H groups in total. The molecular weight excluding hydrogens is 314 g/mol. The van der Waals surface area contributed by atoms with E-state index in [-0.39, 0.29) is 22.8 Å². The number of nitrogens with zero attached hydrogens (tertiary/aromatic N) is 3. The summed E-state index contributed by atoms with van der Waals surface area (Å²) in [5, 5.41) is 0. The van der Waals surface area contributed by atoms with Gasteiger partial charge in [-0.05, 0) is 80.4 Å². The van der Waals surface area contributed by atoms with Crippen LogP contribution in [0.25, 0.3) is 0 Å². The maximum absolute atomic E-state index is 5.87. The van der Waals surface area contributed by atoms with Gasteiger partial charge < -0.3 is 23.4 Å². The molecule has 0 radical (unpaired) electrons. The molecule has 0 aromatic rings. The van der Waals surface area contributed by atoms with Crippen LogP contribution in [0.2, 0.25) is 0 Å². The van der Waals surface area contributed by atoms with E-state index in [1.54, 1.807) is 0 Å². The van der Waals surface area contributed by atoms with E-state index < -0.39 is 0 Å². The van der Waals surface area contributed by atoms with Crippen molar-refractivity contribution < 1.29 is 0 Å². The van der Waals surface area contributed by atoms with Crippen LogP contribution in [-0.4, -0.2) is 71.0 Å². The molecule has 0 aromatic carbocycles. The molecule has 0 aliphatic carbocycles. The predicted octanol–water partition coefficient (Wildman–Crippen LogP) is 1.32. The second kappa shape index (κ2) is 9.60. The normalized spacial score (nSPS) is 19.1. The van der Waals surface area contributed by atoms with E-state index in [0.717, 1.165) is 39.3 Å². The van der Waals surface area contributed by atoms with Crippen LogP contribution in [0, 0.1) is 0 Å². The highest BCUT2D eigenvalue weighted by Crippen LogP contribution is 2.31. The van der Waals surface area contributed by atoms with Crippen LogP contribution < -0.4 is 23.4 Å². The summed E-state index contributed by atoms with van der Waals surface area (Å²) in [6, 6.07) is 0. The molecule has 0 amide bonds. The Morgan fingerprint density at radius 2 is 0.760 bits per heavy atom. The van der Waals surface area contributed by atoms with Crippen molar-refractivity contribution in [3.05, 3.63) is 0 Å². The third-order valence-corrected chi connectivity index (χ3v) is 5.86. The molecular formula is C18H45N7. The van der Waals surface area contributed by atoms with Crippen LogP contribution in [0.15, 0.2) is 0 Å². The SMILES string of the molecule is CC(C)(CCN)N1CN(C(C)(C)CCN)CN(C(C)(C)CCN)C1.N. The summed E-state index contributed by atoms with van der Waals surface area (Å²) in [4.78, 5) is 7.67. The van der Waals surface area contributed by atoms with Crippen molar-refractivity contribution in [3.63, 3.8) is 0 Å². The molecule has 1 heterocycles. The minimum absolute atomic E-state index is 0. The molecule has 0 atom stereocenters. The first-order valence-corrected chi connectivity index (χ1v) is 9.35. The summed E-state index contributed by atoms with van der Waals surface area (Å²) in [7, 11) is 0. The van der Waals surface area contributed by atoms with Gasteiger partial charge in [-0.3, -0.25) is 14.7 Å². The van der Waals surface area contributed by atoms with Gasteiger partial charge in [0.2, 0.25) is 0 Å². The lowest BCUT2D eigenvalue weighted by Gasteiger charge is -2.56. The quantitative estimate of drug-likeness (QED) is 0.489. The molecule has 0 unspecified atom stereocenters. The van der Waals surface area contributed by atoms with Crippen LogP contribution in [0.1, 0.15) is 60.8 Å². The summed E-state index contributed by atoms with van der Waals surface area (Å²) in [6.45, 7) is 18.8. The zero-order valence-corrected chi connectivity index (χ0v) is 17.6. The summed E-state index contributed by atoms with van der Waals surface area (Å²) < 4.78 is 0. The monoisotopic (exact) mass is 359 g/mol. The van der Waals surface area contributed by atoms with Crippen molar-refractivity contribution in [2.45, 2.75) is 77.4 Å². The van der Waals surface area contributed by atoms with Gasteiger partial charge in [-0.25, -0.2) is 0 Å². The predicted molar refractivity (Wildman–Crippen MR) is 108 cm³/mol. The average Bonchev–Trinajstić information content (AvgIpc) is 2.46. The lowest BCUT2D eigenvalue weighted by Crippen LogP contribution is -2.68. The van der Waals surface area contributed by atoms with Crippen LogP contribution in [0.5, 0.6) is 0 Å². The molecule has 1 aliphatic heterocycles. The second-order valence-corrected chi connectivity index (χ2v) is 9.10. The fourth-order valence-corrected chi connectivity index (χ4v) is 3.43. The van der Waals surface area contributed by atoms with E-state index in [2.05, 4.69) is 56.2 Å². The highest BCUT2D eigenvalue weighted by Gasteiger charge is 2.41. The number of nitrogens with two attached hydrogens (primary N) is 3. The van der Waals surface area contributed by atoms with Crippen LogP contribution in [0.3, 0.4) is 0 Å². The molecule has 1 saturated heterocycles. The molecule has 1 rings (SSSR count). The van der Waals surface area contributed by atoms with E-state index in [1.807, 2.05) is 0 Å². The maximum atomic E-state index is 5.87. The molecule has 0 bridgehead atoms. The fraction of sp³-hybridized carbons (Fsp3) is 1.00. The molecule has 0 spiro atoms. The third kappa shape index (κ3) is 6.43. The molecule has 7 nitrogen and oxygen atoms in total. The lowest BCUT2D eigenvalue weighted by molar-refractivity contribution is -0.140. The minimum Gasteiger partial charge on any atom is -0.344 e. The Bertz CT molecular complexity index is 319. The Kier molecular flexibility index (Phi) is 9.49. The van der Waals surface area contributed by atoms with E-state index in [0.29, 0.717) is 19.6 Å². The van der Waals surface area contributed by atoms with Gasteiger partial charge in [0.25, 0.3) is 0 Å². The molecule has 25 heavy (non-hydrogen) atoms. The molecule has 0 saturated carbocycles. The topological polar surface area (TPSA) is 123 Å². The van der Waals surface area contributed by atoms with Gasteiger partial charge in [0.1, 0.15) is 0 Å². The van der Waals surface area contributed by atoms with E-state index >= 15 is 0 Å². The van der Waals surface area contributed by atoms with Crippen molar-refractivity contribution in [2.75, 3.05) is 39.6 Å². The van der Waals surface area contributed by atoms with Crippen LogP contribution in [-0.2, 0) is 0 Å². The first kappa shape index (κ1) is 24.7. The van der Waals surface area contributed by atoms with Gasteiger partial charge in [-0.15, -0.1) is 0 Å². The Hall–Kier alpha value is -0.280. The van der Waals surface area contributed by atoms with Crippen molar-refractivity contribution in [1.82, 2.24) is 20.9 Å². The van der Waals surface area contributed by atoms with Crippen LogP contribution >= 0.6 is 0 Å². The number of rotatable bonds is 9. The van der Waals surface area contributed by atoms with Gasteiger partial charge in [0, 0.05) is 16.6 Å². The molecule has 1 fully saturated rings. The first-order chi connectivity index (χ1) is 11.0. The van der Waals surface area contributed by atoms with Crippen molar-refractivity contribution in [2.24, 2.45) is 17.2 Å². The number of hydrogen-bond acceptors (Lipinski definition) is 7. The van der Waals surface area contributed by atoms with Gasteiger partial charge >= 0.3 is 0 Å². The molecule has 152 valence electrons. The van der Waals surface area contributed by atoms with E-state index in [1.165, 1.54) is 0 Å².